The van der Waals surface area contributed by atoms with Crippen molar-refractivity contribution in [1.29, 1.82) is 0 Å². The zero-order valence-corrected chi connectivity index (χ0v) is 20.6. The average Bonchev–Trinajstić information content (AvgIpc) is 3.74. The maximum atomic E-state index is 12.6. The van der Waals surface area contributed by atoms with Crippen LogP contribution in [0.2, 0.25) is 0 Å². The van der Waals surface area contributed by atoms with Crippen LogP contribution in [-0.2, 0) is 4.79 Å². The predicted molar refractivity (Wildman–Crippen MR) is 142 cm³/mol. The summed E-state index contributed by atoms with van der Waals surface area (Å²) in [6, 6.07) is 5.76. The Morgan fingerprint density at radius 2 is 2.00 bits per heavy atom. The summed E-state index contributed by atoms with van der Waals surface area (Å²) in [6.07, 6.45) is 14.7. The van der Waals surface area contributed by atoms with Crippen LogP contribution < -0.4 is 5.32 Å². The Balaban J connectivity index is 1.24. The fourth-order valence-corrected chi connectivity index (χ4v) is 5.11. The van der Waals surface area contributed by atoms with Gasteiger partial charge in [0.15, 0.2) is 11.5 Å². The lowest BCUT2D eigenvalue weighted by Crippen LogP contribution is -2.20. The zero-order chi connectivity index (χ0) is 25.6. The third-order valence-corrected chi connectivity index (χ3v) is 7.05. The van der Waals surface area contributed by atoms with Crippen LogP contribution in [0.25, 0.3) is 50.5 Å². The van der Waals surface area contributed by atoms with Gasteiger partial charge in [-0.15, -0.1) is 0 Å². The van der Waals surface area contributed by atoms with Gasteiger partial charge in [-0.25, -0.2) is 15.0 Å². The number of hydrogen-bond donors (Lipinski definition) is 3. The number of imidazole rings is 2. The maximum absolute atomic E-state index is 12.6. The number of carbonyl (C=O) groups is 1. The molecule has 38 heavy (non-hydrogen) atoms. The van der Waals surface area contributed by atoms with Crippen molar-refractivity contribution in [3.63, 3.8) is 0 Å². The highest BCUT2D eigenvalue weighted by molar-refractivity contribution is 5.96. The molecule has 6 aromatic heterocycles. The highest BCUT2D eigenvalue weighted by atomic mass is 16.1. The van der Waals surface area contributed by atoms with Gasteiger partial charge in [0.25, 0.3) is 0 Å². The molecule has 0 spiro atoms. The normalized spacial score (nSPS) is 14.0. The van der Waals surface area contributed by atoms with E-state index in [1.165, 1.54) is 0 Å². The number of aromatic amines is 2. The topological polar surface area (TPSA) is 143 Å². The largest absolute Gasteiger partial charge is 0.324 e. The number of aryl methyl sites for hydroxylation is 1. The molecule has 0 radical (unpaired) electrons. The summed E-state index contributed by atoms with van der Waals surface area (Å²) in [6.45, 7) is 1.95. The van der Waals surface area contributed by atoms with Crippen molar-refractivity contribution in [3.8, 4) is 28.5 Å². The number of nitrogens with one attached hydrogen (secondary N) is 3. The summed E-state index contributed by atoms with van der Waals surface area (Å²) >= 11 is 0. The van der Waals surface area contributed by atoms with Gasteiger partial charge in [-0.1, -0.05) is 12.8 Å². The van der Waals surface area contributed by atoms with Gasteiger partial charge in [0.05, 0.1) is 47.0 Å². The van der Waals surface area contributed by atoms with Crippen LogP contribution in [0.5, 0.6) is 0 Å². The lowest BCUT2D eigenvalue weighted by Gasteiger charge is -2.11. The van der Waals surface area contributed by atoms with Gasteiger partial charge in [-0.05, 0) is 38.0 Å². The Bertz CT molecular complexity index is 1810. The first kappa shape index (κ1) is 22.3. The fourth-order valence-electron chi connectivity index (χ4n) is 5.11. The minimum atomic E-state index is 0.0608. The first-order chi connectivity index (χ1) is 18.6. The molecular weight excluding hydrogens is 480 g/mol. The number of fused-ring (bicyclic) bond motifs is 2. The van der Waals surface area contributed by atoms with Crippen molar-refractivity contribution in [3.05, 3.63) is 61.2 Å². The summed E-state index contributed by atoms with van der Waals surface area (Å²) in [7, 11) is 0. The third kappa shape index (κ3) is 3.88. The molecule has 1 fully saturated rings. The molecule has 0 aromatic carbocycles. The summed E-state index contributed by atoms with van der Waals surface area (Å²) in [5, 5.41) is 11.5. The molecule has 0 atom stereocenters. The van der Waals surface area contributed by atoms with Gasteiger partial charge in [-0.2, -0.15) is 5.10 Å². The van der Waals surface area contributed by atoms with Gasteiger partial charge in [0.1, 0.15) is 11.2 Å². The van der Waals surface area contributed by atoms with Crippen LogP contribution in [0, 0.1) is 12.8 Å². The fraction of sp³-hybridized carbons (Fsp3) is 0.222. The van der Waals surface area contributed by atoms with Crippen LogP contribution in [-0.4, -0.2) is 50.6 Å². The molecule has 0 saturated heterocycles. The monoisotopic (exact) mass is 504 g/mol. The van der Waals surface area contributed by atoms with Crippen molar-refractivity contribution in [2.45, 2.75) is 32.6 Å². The van der Waals surface area contributed by atoms with Crippen LogP contribution >= 0.6 is 0 Å². The molecule has 1 amide bonds. The molecule has 11 heteroatoms. The number of nitrogens with zero attached hydrogens (tertiary/aromatic N) is 7. The van der Waals surface area contributed by atoms with E-state index >= 15 is 0 Å². The number of H-pyrrole nitrogens is 2. The minimum Gasteiger partial charge on any atom is -0.324 e. The second-order valence-corrected chi connectivity index (χ2v) is 9.66. The van der Waals surface area contributed by atoms with Crippen molar-refractivity contribution < 1.29 is 4.79 Å². The van der Waals surface area contributed by atoms with Crippen molar-refractivity contribution >= 4 is 33.7 Å². The number of carbonyl (C=O) groups excluding carboxylic acids is 1. The van der Waals surface area contributed by atoms with Crippen LogP contribution in [0.3, 0.4) is 0 Å². The average molecular weight is 505 g/mol. The van der Waals surface area contributed by atoms with E-state index in [0.29, 0.717) is 28.5 Å². The molecule has 0 aliphatic heterocycles. The summed E-state index contributed by atoms with van der Waals surface area (Å²) in [4.78, 5) is 38.5. The molecule has 6 aromatic rings. The molecule has 0 bridgehead atoms. The Labute approximate surface area is 216 Å². The van der Waals surface area contributed by atoms with E-state index in [0.717, 1.165) is 59.0 Å². The second-order valence-electron chi connectivity index (χ2n) is 9.66. The van der Waals surface area contributed by atoms with Gasteiger partial charge in [0, 0.05) is 35.5 Å². The Kier molecular flexibility index (Phi) is 5.20. The number of anilines is 1. The van der Waals surface area contributed by atoms with E-state index in [1.54, 1.807) is 31.1 Å². The van der Waals surface area contributed by atoms with E-state index in [1.807, 2.05) is 35.9 Å². The summed E-state index contributed by atoms with van der Waals surface area (Å²) in [5.41, 5.74) is 6.79. The van der Waals surface area contributed by atoms with Crippen molar-refractivity contribution in [1.82, 2.24) is 44.7 Å². The molecule has 0 unspecified atom stereocenters. The first-order valence-electron chi connectivity index (χ1n) is 12.6. The lowest BCUT2D eigenvalue weighted by molar-refractivity contribution is -0.119. The molecule has 11 nitrogen and oxygen atoms in total. The van der Waals surface area contributed by atoms with Crippen molar-refractivity contribution in [2.24, 2.45) is 5.92 Å². The number of pyridine rings is 3. The van der Waals surface area contributed by atoms with Crippen LogP contribution in [0.1, 0.15) is 31.4 Å². The Morgan fingerprint density at radius 3 is 2.84 bits per heavy atom. The summed E-state index contributed by atoms with van der Waals surface area (Å²) < 4.78 is 1.93. The highest BCUT2D eigenvalue weighted by Gasteiger charge is 2.23. The molecule has 7 rings (SSSR count). The number of hydrogen-bond acceptors (Lipinski definition) is 7. The highest BCUT2D eigenvalue weighted by Crippen LogP contribution is 2.31. The number of aromatic nitrogens is 9. The molecule has 1 aliphatic carbocycles. The Hall–Kier alpha value is -4.93. The zero-order valence-electron chi connectivity index (χ0n) is 20.6. The quantitative estimate of drug-likeness (QED) is 0.312. The molecule has 188 valence electrons. The molecule has 1 saturated carbocycles. The SMILES string of the molecule is Cc1cn(-c2ccnc3[nH]c(-c4n[nH]c5cnc(-c6cncc(NC(=O)C7CCCC7)c6)cc45)nc23)cn1. The van der Waals surface area contributed by atoms with E-state index in [-0.39, 0.29) is 11.8 Å². The van der Waals surface area contributed by atoms with Gasteiger partial charge < -0.3 is 14.9 Å². The van der Waals surface area contributed by atoms with Crippen LogP contribution in [0.4, 0.5) is 5.69 Å². The number of amides is 1. The standard InChI is InChI=1S/C27H24N10O/c1-15-13-37(14-31-15)22-6-7-29-25-24(22)33-26(34-25)23-19-9-20(30-12-21(19)35-36-23)17-8-18(11-28-10-17)32-27(38)16-4-2-3-5-16/h6-14,16H,2-5H2,1H3,(H,32,38)(H,35,36)(H,29,33,34). The molecule has 3 N–H and O–H groups in total. The van der Waals surface area contributed by atoms with Gasteiger partial charge in [0.2, 0.25) is 5.91 Å². The second kappa shape index (κ2) is 8.87. The molecular formula is C27H24N10O. The van der Waals surface area contributed by atoms with Gasteiger partial charge >= 0.3 is 0 Å². The predicted octanol–water partition coefficient (Wildman–Crippen LogP) is 4.58. The van der Waals surface area contributed by atoms with E-state index in [4.69, 9.17) is 4.98 Å². The first-order valence-corrected chi connectivity index (χ1v) is 12.6. The molecule has 6 heterocycles. The Morgan fingerprint density at radius 1 is 1.11 bits per heavy atom. The van der Waals surface area contributed by atoms with E-state index < -0.39 is 0 Å². The van der Waals surface area contributed by atoms with E-state index in [9.17, 15) is 4.79 Å². The molecule has 1 aliphatic rings. The smallest absolute Gasteiger partial charge is 0.227 e. The van der Waals surface area contributed by atoms with Crippen molar-refractivity contribution in [2.75, 3.05) is 5.32 Å². The lowest BCUT2D eigenvalue weighted by atomic mass is 10.1. The van der Waals surface area contributed by atoms with E-state index in [2.05, 4.69) is 40.4 Å². The third-order valence-electron chi connectivity index (χ3n) is 7.05. The van der Waals surface area contributed by atoms with Crippen LogP contribution in [0.15, 0.2) is 55.5 Å². The summed E-state index contributed by atoms with van der Waals surface area (Å²) in [5.74, 6) is 0.736. The maximum Gasteiger partial charge on any atom is 0.227 e. The van der Waals surface area contributed by atoms with Gasteiger partial charge in [-0.3, -0.25) is 19.9 Å². The number of rotatable bonds is 5. The minimum absolute atomic E-state index is 0.0608.